The Morgan fingerprint density at radius 3 is 2.63 bits per heavy atom. The number of rotatable bonds is 4. The van der Waals surface area contributed by atoms with E-state index in [0.717, 1.165) is 25.1 Å². The van der Waals surface area contributed by atoms with Crippen LogP contribution in [0.3, 0.4) is 0 Å². The molecular formula is C16H18N2O. The van der Waals surface area contributed by atoms with Crippen molar-refractivity contribution in [2.24, 2.45) is 0 Å². The lowest BCUT2D eigenvalue weighted by atomic mass is 9.93. The molecule has 1 fully saturated rings. The van der Waals surface area contributed by atoms with Gasteiger partial charge < -0.3 is 9.88 Å². The molecule has 1 N–H and O–H groups in total. The Balaban J connectivity index is 1.72. The highest BCUT2D eigenvalue weighted by Crippen LogP contribution is 2.18. The number of benzene rings is 1. The number of carbonyl (C=O) groups excluding carboxylic acids is 1. The van der Waals surface area contributed by atoms with Gasteiger partial charge in [0.1, 0.15) is 5.69 Å². The Bertz CT molecular complexity index is 555. The minimum Gasteiger partial charge on any atom is -0.348 e. The van der Waals surface area contributed by atoms with Crippen molar-refractivity contribution in [3.05, 3.63) is 59.9 Å². The monoisotopic (exact) mass is 254 g/mol. The number of nitrogens with zero attached hydrogens (tertiary/aromatic N) is 1. The van der Waals surface area contributed by atoms with Gasteiger partial charge in [0.25, 0.3) is 5.91 Å². The molecule has 98 valence electrons. The molecule has 3 rings (SSSR count). The predicted molar refractivity (Wildman–Crippen MR) is 75.1 cm³/mol. The van der Waals surface area contributed by atoms with Crippen molar-refractivity contribution in [2.75, 3.05) is 0 Å². The number of hydrogen-bond donors (Lipinski definition) is 1. The predicted octanol–water partition coefficient (Wildman–Crippen LogP) is 2.82. The summed E-state index contributed by atoms with van der Waals surface area (Å²) in [6.07, 6.45) is 5.43. The van der Waals surface area contributed by atoms with Crippen molar-refractivity contribution in [3.8, 4) is 0 Å². The number of hydrogen-bond acceptors (Lipinski definition) is 1. The molecule has 2 aromatic rings. The van der Waals surface area contributed by atoms with Crippen LogP contribution in [0.25, 0.3) is 0 Å². The SMILES string of the molecule is O=C(NC1CCC1)c1cccn1Cc1ccccc1. The fraction of sp³-hybridized carbons (Fsp3) is 0.312. The van der Waals surface area contributed by atoms with Crippen molar-refractivity contribution in [1.82, 2.24) is 9.88 Å². The van der Waals surface area contributed by atoms with Crippen LogP contribution in [0.1, 0.15) is 35.3 Å². The molecule has 0 saturated heterocycles. The largest absolute Gasteiger partial charge is 0.348 e. The van der Waals surface area contributed by atoms with Gasteiger partial charge in [0, 0.05) is 18.8 Å². The lowest BCUT2D eigenvalue weighted by Gasteiger charge is -2.26. The number of aromatic nitrogens is 1. The molecule has 0 bridgehead atoms. The zero-order valence-electron chi connectivity index (χ0n) is 10.9. The maximum atomic E-state index is 12.2. The summed E-state index contributed by atoms with van der Waals surface area (Å²) in [4.78, 5) is 12.2. The Hall–Kier alpha value is -2.03. The van der Waals surface area contributed by atoms with Gasteiger partial charge in [-0.05, 0) is 37.0 Å². The lowest BCUT2D eigenvalue weighted by molar-refractivity contribution is 0.0908. The van der Waals surface area contributed by atoms with Crippen molar-refractivity contribution in [3.63, 3.8) is 0 Å². The average Bonchev–Trinajstić information content (AvgIpc) is 2.83. The van der Waals surface area contributed by atoms with Crippen LogP contribution in [0.2, 0.25) is 0 Å². The summed E-state index contributed by atoms with van der Waals surface area (Å²) < 4.78 is 2.00. The Kier molecular flexibility index (Phi) is 3.36. The molecule has 0 spiro atoms. The van der Waals surface area contributed by atoms with Crippen LogP contribution in [0.5, 0.6) is 0 Å². The minimum absolute atomic E-state index is 0.0469. The van der Waals surface area contributed by atoms with Gasteiger partial charge in [-0.25, -0.2) is 0 Å². The molecular weight excluding hydrogens is 236 g/mol. The molecule has 19 heavy (non-hydrogen) atoms. The second kappa shape index (κ2) is 5.31. The van der Waals surface area contributed by atoms with Gasteiger partial charge in [0.15, 0.2) is 0 Å². The van der Waals surface area contributed by atoms with Crippen LogP contribution in [-0.2, 0) is 6.54 Å². The van der Waals surface area contributed by atoms with Gasteiger partial charge in [0.2, 0.25) is 0 Å². The fourth-order valence-corrected chi connectivity index (χ4v) is 2.35. The third-order valence-corrected chi connectivity index (χ3v) is 3.70. The lowest BCUT2D eigenvalue weighted by Crippen LogP contribution is -2.40. The first-order valence-electron chi connectivity index (χ1n) is 6.83. The van der Waals surface area contributed by atoms with Crippen molar-refractivity contribution in [1.29, 1.82) is 0 Å². The van der Waals surface area contributed by atoms with Gasteiger partial charge in [-0.1, -0.05) is 30.3 Å². The maximum Gasteiger partial charge on any atom is 0.268 e. The third-order valence-electron chi connectivity index (χ3n) is 3.70. The van der Waals surface area contributed by atoms with Gasteiger partial charge in [-0.15, -0.1) is 0 Å². The summed E-state index contributed by atoms with van der Waals surface area (Å²) in [6, 6.07) is 14.4. The summed E-state index contributed by atoms with van der Waals surface area (Å²) in [5, 5.41) is 3.09. The van der Waals surface area contributed by atoms with E-state index in [1.54, 1.807) is 0 Å². The van der Waals surface area contributed by atoms with E-state index in [0.29, 0.717) is 6.04 Å². The second-order valence-corrected chi connectivity index (χ2v) is 5.11. The van der Waals surface area contributed by atoms with Crippen molar-refractivity contribution < 1.29 is 4.79 Å². The maximum absolute atomic E-state index is 12.2. The van der Waals surface area contributed by atoms with Gasteiger partial charge >= 0.3 is 0 Å². The number of amides is 1. The van der Waals surface area contributed by atoms with Crippen LogP contribution in [0.4, 0.5) is 0 Å². The summed E-state index contributed by atoms with van der Waals surface area (Å²) >= 11 is 0. The van der Waals surface area contributed by atoms with E-state index in [4.69, 9.17) is 0 Å². The van der Waals surface area contributed by atoms with Crippen LogP contribution < -0.4 is 5.32 Å². The van der Waals surface area contributed by atoms with E-state index < -0.39 is 0 Å². The van der Waals surface area contributed by atoms with E-state index >= 15 is 0 Å². The van der Waals surface area contributed by atoms with Crippen molar-refractivity contribution >= 4 is 5.91 Å². The van der Waals surface area contributed by atoms with Crippen LogP contribution >= 0.6 is 0 Å². The van der Waals surface area contributed by atoms with Crippen LogP contribution in [0.15, 0.2) is 48.7 Å². The Morgan fingerprint density at radius 2 is 1.95 bits per heavy atom. The third kappa shape index (κ3) is 2.70. The van der Waals surface area contributed by atoms with E-state index in [-0.39, 0.29) is 5.91 Å². The zero-order valence-corrected chi connectivity index (χ0v) is 10.9. The summed E-state index contributed by atoms with van der Waals surface area (Å²) in [7, 11) is 0. The summed E-state index contributed by atoms with van der Waals surface area (Å²) in [6.45, 7) is 0.737. The topological polar surface area (TPSA) is 34.0 Å². The van der Waals surface area contributed by atoms with E-state index in [1.165, 1.54) is 12.0 Å². The molecule has 3 nitrogen and oxygen atoms in total. The highest BCUT2D eigenvalue weighted by Gasteiger charge is 2.21. The summed E-state index contributed by atoms with van der Waals surface area (Å²) in [5.41, 5.74) is 1.95. The molecule has 1 aromatic carbocycles. The van der Waals surface area contributed by atoms with Crippen molar-refractivity contribution in [2.45, 2.75) is 31.8 Å². The van der Waals surface area contributed by atoms with E-state index in [2.05, 4.69) is 17.4 Å². The molecule has 0 atom stereocenters. The Morgan fingerprint density at radius 1 is 1.16 bits per heavy atom. The standard InChI is InChI=1S/C16H18N2O/c19-16(17-14-8-4-9-14)15-10-5-11-18(15)12-13-6-2-1-3-7-13/h1-3,5-7,10-11,14H,4,8-9,12H2,(H,17,19). The second-order valence-electron chi connectivity index (χ2n) is 5.11. The quantitative estimate of drug-likeness (QED) is 0.894. The van der Waals surface area contributed by atoms with Crippen LogP contribution in [0, 0.1) is 0 Å². The summed E-state index contributed by atoms with van der Waals surface area (Å²) in [5.74, 6) is 0.0469. The van der Waals surface area contributed by atoms with Crippen LogP contribution in [-0.4, -0.2) is 16.5 Å². The van der Waals surface area contributed by atoms with Gasteiger partial charge in [-0.3, -0.25) is 4.79 Å². The Labute approximate surface area is 113 Å². The number of nitrogens with one attached hydrogen (secondary N) is 1. The normalized spacial score (nSPS) is 14.9. The first kappa shape index (κ1) is 12.0. The number of carbonyl (C=O) groups is 1. The first-order chi connectivity index (χ1) is 9.33. The molecule has 1 amide bonds. The van der Waals surface area contributed by atoms with E-state index in [1.807, 2.05) is 41.1 Å². The molecule has 1 aromatic heterocycles. The van der Waals surface area contributed by atoms with Gasteiger partial charge in [-0.2, -0.15) is 0 Å². The first-order valence-corrected chi connectivity index (χ1v) is 6.83. The highest BCUT2D eigenvalue weighted by atomic mass is 16.2. The molecule has 0 aliphatic heterocycles. The molecule has 1 aliphatic carbocycles. The van der Waals surface area contributed by atoms with E-state index in [9.17, 15) is 4.79 Å². The zero-order chi connectivity index (χ0) is 13.1. The molecule has 3 heteroatoms. The average molecular weight is 254 g/mol. The highest BCUT2D eigenvalue weighted by molar-refractivity contribution is 5.93. The molecule has 1 saturated carbocycles. The molecule has 1 heterocycles. The molecule has 0 unspecified atom stereocenters. The smallest absolute Gasteiger partial charge is 0.268 e. The molecule has 0 radical (unpaired) electrons. The minimum atomic E-state index is 0.0469. The fourth-order valence-electron chi connectivity index (χ4n) is 2.35. The molecule has 1 aliphatic rings. The van der Waals surface area contributed by atoms with Gasteiger partial charge in [0.05, 0.1) is 0 Å².